The summed E-state index contributed by atoms with van der Waals surface area (Å²) >= 11 is 3.07. The van der Waals surface area contributed by atoms with Gasteiger partial charge in [-0.05, 0) is 25.5 Å². The van der Waals surface area contributed by atoms with Gasteiger partial charge in [0.1, 0.15) is 0 Å². The first kappa shape index (κ1) is 18.8. The second-order valence-corrected chi connectivity index (χ2v) is 8.91. The van der Waals surface area contributed by atoms with Crippen molar-refractivity contribution in [2.75, 3.05) is 55.7 Å². The van der Waals surface area contributed by atoms with Gasteiger partial charge in [-0.2, -0.15) is 0 Å². The van der Waals surface area contributed by atoms with Crippen molar-refractivity contribution in [1.29, 1.82) is 0 Å². The third-order valence-electron chi connectivity index (χ3n) is 4.97. The zero-order valence-corrected chi connectivity index (χ0v) is 16.8. The summed E-state index contributed by atoms with van der Waals surface area (Å²) in [6.45, 7) is 5.36. The molecular formula is C18H23N5O2S2. The van der Waals surface area contributed by atoms with E-state index in [9.17, 15) is 9.59 Å². The lowest BCUT2D eigenvalue weighted by atomic mass is 10.2. The molecule has 0 atom stereocenters. The molecule has 27 heavy (non-hydrogen) atoms. The van der Waals surface area contributed by atoms with Crippen LogP contribution in [0.2, 0.25) is 0 Å². The number of imide groups is 1. The minimum absolute atomic E-state index is 0.0799. The molecule has 9 heteroatoms. The lowest BCUT2D eigenvalue weighted by molar-refractivity contribution is -0.137. The Bertz CT molecular complexity index is 707. The molecule has 3 aliphatic rings. The minimum atomic E-state index is -0.0799. The van der Waals surface area contributed by atoms with E-state index in [0.29, 0.717) is 16.4 Å². The largest absolute Gasteiger partial charge is 0.338 e. The van der Waals surface area contributed by atoms with Crippen molar-refractivity contribution in [3.8, 4) is 0 Å². The van der Waals surface area contributed by atoms with Gasteiger partial charge in [-0.1, -0.05) is 0 Å². The van der Waals surface area contributed by atoms with Crippen molar-refractivity contribution in [2.24, 2.45) is 0 Å². The Labute approximate surface area is 167 Å². The number of carbonyl (C=O) groups is 2. The highest BCUT2D eigenvalue weighted by Crippen LogP contribution is 2.40. The molecule has 1 fully saturated rings. The second-order valence-electron chi connectivity index (χ2n) is 6.70. The third-order valence-corrected chi connectivity index (χ3v) is 7.51. The minimum Gasteiger partial charge on any atom is -0.338 e. The Balaban J connectivity index is 1.17. The monoisotopic (exact) mass is 405 g/mol. The average Bonchev–Trinajstić information content (AvgIpc) is 2.97. The van der Waals surface area contributed by atoms with Gasteiger partial charge in [0.05, 0.1) is 9.81 Å². The lowest BCUT2D eigenvalue weighted by Crippen LogP contribution is -2.47. The van der Waals surface area contributed by atoms with Crippen LogP contribution >= 0.6 is 23.5 Å². The normalized spacial score (nSPS) is 21.2. The number of anilines is 1. The molecule has 3 aliphatic heterocycles. The molecule has 2 amide bonds. The number of carbonyl (C=O) groups excluding carboxylic acids is 2. The van der Waals surface area contributed by atoms with Gasteiger partial charge in [0.25, 0.3) is 11.8 Å². The van der Waals surface area contributed by atoms with Crippen LogP contribution in [0.4, 0.5) is 5.95 Å². The van der Waals surface area contributed by atoms with Crippen molar-refractivity contribution in [3.05, 3.63) is 28.3 Å². The fraction of sp³-hybridized carbons (Fsp3) is 0.556. The number of piperazine rings is 1. The number of hydrogen-bond donors (Lipinski definition) is 0. The van der Waals surface area contributed by atoms with E-state index in [4.69, 9.17) is 0 Å². The van der Waals surface area contributed by atoms with E-state index >= 15 is 0 Å². The molecule has 0 aliphatic carbocycles. The number of thioether (sulfide) groups is 2. The van der Waals surface area contributed by atoms with Crippen molar-refractivity contribution < 1.29 is 9.59 Å². The molecule has 0 aromatic carbocycles. The van der Waals surface area contributed by atoms with E-state index in [2.05, 4.69) is 19.8 Å². The average molecular weight is 406 g/mol. The Morgan fingerprint density at radius 3 is 2.07 bits per heavy atom. The molecule has 0 N–H and O–H groups in total. The fourth-order valence-corrected chi connectivity index (χ4v) is 5.84. The van der Waals surface area contributed by atoms with Crippen LogP contribution < -0.4 is 4.90 Å². The molecule has 4 rings (SSSR count). The van der Waals surface area contributed by atoms with Crippen LogP contribution in [-0.2, 0) is 9.59 Å². The smallest absolute Gasteiger partial charge is 0.268 e. The van der Waals surface area contributed by atoms with Crippen LogP contribution in [0.15, 0.2) is 28.3 Å². The van der Waals surface area contributed by atoms with E-state index in [0.717, 1.165) is 63.0 Å². The molecular weight excluding hydrogens is 382 g/mol. The first-order valence-electron chi connectivity index (χ1n) is 9.34. The topological polar surface area (TPSA) is 69.6 Å². The van der Waals surface area contributed by atoms with Gasteiger partial charge < -0.3 is 4.90 Å². The summed E-state index contributed by atoms with van der Waals surface area (Å²) in [4.78, 5) is 40.9. The zero-order valence-electron chi connectivity index (χ0n) is 15.2. The highest BCUT2D eigenvalue weighted by molar-refractivity contribution is 8.11. The van der Waals surface area contributed by atoms with E-state index < -0.39 is 0 Å². The molecule has 0 radical (unpaired) electrons. The van der Waals surface area contributed by atoms with Crippen molar-refractivity contribution in [1.82, 2.24) is 19.8 Å². The van der Waals surface area contributed by atoms with Crippen molar-refractivity contribution in [2.45, 2.75) is 12.8 Å². The maximum atomic E-state index is 12.4. The fourth-order valence-electron chi connectivity index (χ4n) is 3.51. The summed E-state index contributed by atoms with van der Waals surface area (Å²) in [7, 11) is 0. The molecule has 0 spiro atoms. The first-order valence-corrected chi connectivity index (χ1v) is 11.3. The van der Waals surface area contributed by atoms with Crippen LogP contribution in [0.25, 0.3) is 0 Å². The molecule has 1 aromatic heterocycles. The predicted octanol–water partition coefficient (Wildman–Crippen LogP) is 1.44. The number of aromatic nitrogens is 2. The van der Waals surface area contributed by atoms with Crippen molar-refractivity contribution >= 4 is 41.3 Å². The van der Waals surface area contributed by atoms with Crippen LogP contribution in [-0.4, -0.2) is 82.4 Å². The van der Waals surface area contributed by atoms with Gasteiger partial charge in [0.2, 0.25) is 5.95 Å². The highest BCUT2D eigenvalue weighted by Gasteiger charge is 2.39. The number of nitrogens with zero attached hydrogens (tertiary/aromatic N) is 5. The molecule has 0 unspecified atom stereocenters. The van der Waals surface area contributed by atoms with E-state index in [1.165, 1.54) is 28.4 Å². The second kappa shape index (κ2) is 8.62. The molecule has 4 heterocycles. The summed E-state index contributed by atoms with van der Waals surface area (Å²) < 4.78 is 0. The van der Waals surface area contributed by atoms with Gasteiger partial charge in [-0.15, -0.1) is 23.5 Å². The Morgan fingerprint density at radius 1 is 0.852 bits per heavy atom. The van der Waals surface area contributed by atoms with Crippen LogP contribution in [0.5, 0.6) is 0 Å². The van der Waals surface area contributed by atoms with E-state index in [-0.39, 0.29) is 11.8 Å². The van der Waals surface area contributed by atoms with Gasteiger partial charge in [-0.3, -0.25) is 19.4 Å². The van der Waals surface area contributed by atoms with E-state index in [1.54, 1.807) is 12.4 Å². The molecule has 0 saturated carbocycles. The van der Waals surface area contributed by atoms with Crippen molar-refractivity contribution in [3.63, 3.8) is 0 Å². The molecule has 7 nitrogen and oxygen atoms in total. The maximum Gasteiger partial charge on any atom is 0.268 e. The summed E-state index contributed by atoms with van der Waals surface area (Å²) in [5, 5.41) is 0. The predicted molar refractivity (Wildman–Crippen MR) is 109 cm³/mol. The van der Waals surface area contributed by atoms with Crippen LogP contribution in [0.1, 0.15) is 12.8 Å². The number of hydrogen-bond acceptors (Lipinski definition) is 8. The Kier molecular flexibility index (Phi) is 5.99. The maximum absolute atomic E-state index is 12.4. The number of rotatable bonds is 6. The number of unbranched alkanes of at least 4 members (excludes halogenated alkanes) is 1. The van der Waals surface area contributed by atoms with Gasteiger partial charge in [-0.25, -0.2) is 9.97 Å². The van der Waals surface area contributed by atoms with Crippen LogP contribution in [0, 0.1) is 0 Å². The van der Waals surface area contributed by atoms with Gasteiger partial charge >= 0.3 is 0 Å². The first-order chi connectivity index (χ1) is 13.2. The highest BCUT2D eigenvalue weighted by atomic mass is 32.2. The summed E-state index contributed by atoms with van der Waals surface area (Å²) in [6, 6.07) is 1.83. The number of amides is 2. The van der Waals surface area contributed by atoms with Crippen LogP contribution in [0.3, 0.4) is 0 Å². The molecule has 144 valence electrons. The Morgan fingerprint density at radius 2 is 1.44 bits per heavy atom. The van der Waals surface area contributed by atoms with E-state index in [1.807, 2.05) is 6.07 Å². The lowest BCUT2D eigenvalue weighted by Gasteiger charge is -2.34. The SMILES string of the molecule is O=C1C2=C(SCCS2)C(=O)N1CCCCN1CCN(c2ncccn2)CC1. The quantitative estimate of drug-likeness (QED) is 0.520. The third kappa shape index (κ3) is 4.14. The Hall–Kier alpha value is -1.58. The zero-order chi connectivity index (χ0) is 18.6. The summed E-state index contributed by atoms with van der Waals surface area (Å²) in [5.41, 5.74) is 0. The summed E-state index contributed by atoms with van der Waals surface area (Å²) in [5.74, 6) is 2.47. The van der Waals surface area contributed by atoms with Gasteiger partial charge in [0.15, 0.2) is 0 Å². The molecule has 1 saturated heterocycles. The molecule has 0 bridgehead atoms. The standard InChI is InChI=1S/C18H23N5O2S2/c24-16-14-15(27-13-12-26-14)17(25)23(16)7-2-1-6-21-8-10-22(11-9-21)18-19-4-3-5-20-18/h3-5H,1-2,6-13H2. The summed E-state index contributed by atoms with van der Waals surface area (Å²) in [6.07, 6.45) is 5.40. The van der Waals surface area contributed by atoms with Gasteiger partial charge in [0, 0.05) is 56.6 Å². The molecule has 1 aromatic rings.